The molecule has 0 spiro atoms. The van der Waals surface area contributed by atoms with Crippen LogP contribution in [0.2, 0.25) is 0 Å². The molecule has 2 saturated heterocycles. The van der Waals surface area contributed by atoms with E-state index in [1.165, 1.54) is 18.5 Å². The third-order valence-electron chi connectivity index (χ3n) is 6.32. The van der Waals surface area contributed by atoms with Crippen molar-refractivity contribution in [1.29, 1.82) is 0 Å². The van der Waals surface area contributed by atoms with Gasteiger partial charge in [-0.25, -0.2) is 0 Å². The van der Waals surface area contributed by atoms with Crippen LogP contribution in [0.15, 0.2) is 29.3 Å². The topological polar surface area (TPSA) is 49.3 Å². The van der Waals surface area contributed by atoms with Crippen LogP contribution in [0.3, 0.4) is 0 Å². The predicted octanol–water partition coefficient (Wildman–Crippen LogP) is 3.23. The Balaban J connectivity index is 1.49. The van der Waals surface area contributed by atoms with Crippen molar-refractivity contribution >= 4 is 5.96 Å². The number of rotatable bonds is 8. The summed E-state index contributed by atoms with van der Waals surface area (Å²) in [6.45, 7) is 17.7. The van der Waals surface area contributed by atoms with Gasteiger partial charge in [-0.05, 0) is 36.0 Å². The standard InChI is InChI=1S/C25H42N4O2/c1-20(2)18-31-23-8-6-22(7-9-23)25(3,4)19-27-24(26-5)29-11-10-21(17-29)16-28-12-14-30-15-13-28/h6-9,20-21H,10-19H2,1-5H3,(H,26,27). The fraction of sp³-hybridized carbons (Fsp3) is 0.720. The molecule has 174 valence electrons. The van der Waals surface area contributed by atoms with Crippen LogP contribution in [-0.4, -0.2) is 81.9 Å². The summed E-state index contributed by atoms with van der Waals surface area (Å²) in [7, 11) is 1.89. The summed E-state index contributed by atoms with van der Waals surface area (Å²) in [5, 5.41) is 3.64. The van der Waals surface area contributed by atoms with Gasteiger partial charge >= 0.3 is 0 Å². The lowest BCUT2D eigenvalue weighted by Gasteiger charge is -2.30. The van der Waals surface area contributed by atoms with E-state index in [-0.39, 0.29) is 5.41 Å². The summed E-state index contributed by atoms with van der Waals surface area (Å²) in [6.07, 6.45) is 1.24. The van der Waals surface area contributed by atoms with Crippen LogP contribution in [0.5, 0.6) is 5.75 Å². The van der Waals surface area contributed by atoms with Gasteiger partial charge in [0.2, 0.25) is 0 Å². The molecular formula is C25H42N4O2. The van der Waals surface area contributed by atoms with Gasteiger partial charge in [-0.1, -0.05) is 39.8 Å². The molecule has 2 aliphatic heterocycles. The Morgan fingerprint density at radius 2 is 1.90 bits per heavy atom. The maximum absolute atomic E-state index is 5.83. The van der Waals surface area contributed by atoms with Crippen LogP contribution >= 0.6 is 0 Å². The van der Waals surface area contributed by atoms with Crippen molar-refractivity contribution in [3.63, 3.8) is 0 Å². The zero-order valence-electron chi connectivity index (χ0n) is 20.2. The first-order chi connectivity index (χ1) is 14.9. The molecule has 6 heteroatoms. The van der Waals surface area contributed by atoms with Gasteiger partial charge in [0, 0.05) is 51.7 Å². The molecule has 2 aliphatic rings. The van der Waals surface area contributed by atoms with Crippen molar-refractivity contribution in [2.75, 3.05) is 66.1 Å². The maximum atomic E-state index is 5.83. The maximum Gasteiger partial charge on any atom is 0.193 e. The van der Waals surface area contributed by atoms with Crippen molar-refractivity contribution in [3.8, 4) is 5.75 Å². The van der Waals surface area contributed by atoms with Crippen LogP contribution in [0.25, 0.3) is 0 Å². The first kappa shape index (κ1) is 23.9. The quantitative estimate of drug-likeness (QED) is 0.507. The molecule has 31 heavy (non-hydrogen) atoms. The van der Waals surface area contributed by atoms with Gasteiger partial charge in [-0.2, -0.15) is 0 Å². The van der Waals surface area contributed by atoms with E-state index >= 15 is 0 Å². The summed E-state index contributed by atoms with van der Waals surface area (Å²) in [5.74, 6) is 3.21. The Kier molecular flexibility index (Phi) is 8.61. The van der Waals surface area contributed by atoms with Gasteiger partial charge in [-0.3, -0.25) is 9.89 Å². The number of ether oxygens (including phenoxy) is 2. The highest BCUT2D eigenvalue weighted by Crippen LogP contribution is 2.25. The van der Waals surface area contributed by atoms with Crippen LogP contribution in [-0.2, 0) is 10.2 Å². The van der Waals surface area contributed by atoms with E-state index in [9.17, 15) is 0 Å². The number of aliphatic imine (C=N–C) groups is 1. The lowest BCUT2D eigenvalue weighted by atomic mass is 9.84. The highest BCUT2D eigenvalue weighted by molar-refractivity contribution is 5.80. The lowest BCUT2D eigenvalue weighted by Crippen LogP contribution is -2.45. The van der Waals surface area contributed by atoms with Gasteiger partial charge in [0.15, 0.2) is 5.96 Å². The van der Waals surface area contributed by atoms with Crippen LogP contribution < -0.4 is 10.1 Å². The third-order valence-corrected chi connectivity index (χ3v) is 6.32. The van der Waals surface area contributed by atoms with Crippen LogP contribution in [0, 0.1) is 11.8 Å². The molecule has 0 aromatic heterocycles. The monoisotopic (exact) mass is 430 g/mol. The van der Waals surface area contributed by atoms with Gasteiger partial charge in [0.05, 0.1) is 19.8 Å². The van der Waals surface area contributed by atoms with Crippen molar-refractivity contribution < 1.29 is 9.47 Å². The highest BCUT2D eigenvalue weighted by atomic mass is 16.5. The molecule has 1 N–H and O–H groups in total. The number of hydrogen-bond acceptors (Lipinski definition) is 4. The molecule has 0 saturated carbocycles. The molecule has 1 atom stereocenters. The lowest BCUT2D eigenvalue weighted by molar-refractivity contribution is 0.0315. The van der Waals surface area contributed by atoms with Crippen molar-refractivity contribution in [2.24, 2.45) is 16.8 Å². The minimum Gasteiger partial charge on any atom is -0.493 e. The second kappa shape index (κ2) is 11.2. The van der Waals surface area contributed by atoms with Crippen molar-refractivity contribution in [1.82, 2.24) is 15.1 Å². The number of likely N-dealkylation sites (tertiary alicyclic amines) is 1. The first-order valence-electron chi connectivity index (χ1n) is 11.9. The van der Waals surface area contributed by atoms with Gasteiger partial charge in [-0.15, -0.1) is 0 Å². The Bertz CT molecular complexity index is 696. The SMILES string of the molecule is CN=C(NCC(C)(C)c1ccc(OCC(C)C)cc1)N1CCC(CN2CCOCC2)C1. The molecule has 0 bridgehead atoms. The van der Waals surface area contributed by atoms with Gasteiger partial charge in [0.1, 0.15) is 5.75 Å². The molecule has 0 amide bonds. The number of nitrogens with zero attached hydrogens (tertiary/aromatic N) is 3. The number of nitrogens with one attached hydrogen (secondary N) is 1. The summed E-state index contributed by atoms with van der Waals surface area (Å²) in [4.78, 5) is 9.55. The van der Waals surface area contributed by atoms with Crippen molar-refractivity contribution in [3.05, 3.63) is 29.8 Å². The normalized spacial score (nSPS) is 21.0. The molecule has 1 unspecified atom stereocenters. The number of guanidine groups is 1. The second-order valence-electron chi connectivity index (χ2n) is 10.0. The fourth-order valence-corrected chi connectivity index (χ4v) is 4.32. The molecule has 1 aromatic carbocycles. The van der Waals surface area contributed by atoms with E-state index in [1.807, 2.05) is 7.05 Å². The van der Waals surface area contributed by atoms with E-state index in [0.717, 1.165) is 64.3 Å². The summed E-state index contributed by atoms with van der Waals surface area (Å²) in [6, 6.07) is 8.55. The molecule has 2 fully saturated rings. The molecule has 0 aliphatic carbocycles. The summed E-state index contributed by atoms with van der Waals surface area (Å²) in [5.41, 5.74) is 1.30. The van der Waals surface area contributed by atoms with E-state index in [1.54, 1.807) is 0 Å². The van der Waals surface area contributed by atoms with Crippen LogP contribution in [0.4, 0.5) is 0 Å². The average Bonchev–Trinajstić information content (AvgIpc) is 3.22. The molecule has 3 rings (SSSR count). The molecule has 0 radical (unpaired) electrons. The van der Waals surface area contributed by atoms with Gasteiger partial charge in [0.25, 0.3) is 0 Å². The molecule has 1 aromatic rings. The van der Waals surface area contributed by atoms with Crippen molar-refractivity contribution in [2.45, 2.75) is 39.5 Å². The summed E-state index contributed by atoms with van der Waals surface area (Å²) >= 11 is 0. The zero-order valence-corrected chi connectivity index (χ0v) is 20.2. The second-order valence-corrected chi connectivity index (χ2v) is 10.0. The third kappa shape index (κ3) is 7.11. The molecular weight excluding hydrogens is 388 g/mol. The Hall–Kier alpha value is -1.79. The Morgan fingerprint density at radius 3 is 2.55 bits per heavy atom. The number of morpholine rings is 1. The van der Waals surface area contributed by atoms with Gasteiger partial charge < -0.3 is 19.7 Å². The smallest absolute Gasteiger partial charge is 0.193 e. The number of benzene rings is 1. The predicted molar refractivity (Wildman–Crippen MR) is 128 cm³/mol. The molecule has 2 heterocycles. The van der Waals surface area contributed by atoms with E-state index in [4.69, 9.17) is 9.47 Å². The minimum absolute atomic E-state index is 0.000551. The highest BCUT2D eigenvalue weighted by Gasteiger charge is 2.28. The minimum atomic E-state index is -0.000551. The van der Waals surface area contributed by atoms with E-state index in [0.29, 0.717) is 11.8 Å². The fourth-order valence-electron chi connectivity index (χ4n) is 4.32. The average molecular weight is 431 g/mol. The first-order valence-corrected chi connectivity index (χ1v) is 11.9. The number of hydrogen-bond donors (Lipinski definition) is 1. The van der Waals surface area contributed by atoms with E-state index < -0.39 is 0 Å². The zero-order chi connectivity index (χ0) is 22.3. The Labute approximate surface area is 189 Å². The summed E-state index contributed by atoms with van der Waals surface area (Å²) < 4.78 is 11.3. The molecule has 6 nitrogen and oxygen atoms in total. The Morgan fingerprint density at radius 1 is 1.19 bits per heavy atom. The van der Waals surface area contributed by atoms with E-state index in [2.05, 4.69) is 72.1 Å². The largest absolute Gasteiger partial charge is 0.493 e. The van der Waals surface area contributed by atoms with Crippen LogP contribution in [0.1, 0.15) is 39.7 Å².